The summed E-state index contributed by atoms with van der Waals surface area (Å²) in [7, 11) is 1.91. The monoisotopic (exact) mass is 208 g/mol. The SMILES string of the molecule is CC(C#N)N(C)Cc1ccccc1Cl. The summed E-state index contributed by atoms with van der Waals surface area (Å²) in [5, 5.41) is 9.48. The highest BCUT2D eigenvalue weighted by Crippen LogP contribution is 2.16. The van der Waals surface area contributed by atoms with Gasteiger partial charge in [-0.1, -0.05) is 29.8 Å². The van der Waals surface area contributed by atoms with E-state index in [1.54, 1.807) is 0 Å². The molecule has 2 nitrogen and oxygen atoms in total. The van der Waals surface area contributed by atoms with Gasteiger partial charge in [-0.05, 0) is 25.6 Å². The molecular weight excluding hydrogens is 196 g/mol. The minimum atomic E-state index is -0.0914. The van der Waals surface area contributed by atoms with Gasteiger partial charge in [-0.2, -0.15) is 5.26 Å². The summed E-state index contributed by atoms with van der Waals surface area (Å²) in [6.45, 7) is 2.57. The predicted octanol–water partition coefficient (Wildman–Crippen LogP) is 2.68. The highest BCUT2D eigenvalue weighted by atomic mass is 35.5. The van der Waals surface area contributed by atoms with Crippen molar-refractivity contribution >= 4 is 11.6 Å². The number of halogens is 1. The van der Waals surface area contributed by atoms with Crippen molar-refractivity contribution in [1.29, 1.82) is 5.26 Å². The minimum Gasteiger partial charge on any atom is -0.287 e. The molecule has 0 aliphatic heterocycles. The van der Waals surface area contributed by atoms with Crippen LogP contribution in [0.2, 0.25) is 5.02 Å². The zero-order chi connectivity index (χ0) is 10.6. The molecule has 0 heterocycles. The summed E-state index contributed by atoms with van der Waals surface area (Å²) in [4.78, 5) is 1.96. The molecule has 1 rings (SSSR count). The van der Waals surface area contributed by atoms with Gasteiger partial charge < -0.3 is 0 Å². The summed E-state index contributed by atoms with van der Waals surface area (Å²) >= 11 is 6.01. The lowest BCUT2D eigenvalue weighted by molar-refractivity contribution is 0.294. The molecule has 1 aromatic carbocycles. The molecule has 0 fully saturated rings. The molecule has 0 aliphatic carbocycles. The quantitative estimate of drug-likeness (QED) is 0.764. The fourth-order valence-electron chi connectivity index (χ4n) is 1.13. The Morgan fingerprint density at radius 1 is 1.50 bits per heavy atom. The van der Waals surface area contributed by atoms with Crippen LogP contribution in [-0.4, -0.2) is 18.0 Å². The standard InChI is InChI=1S/C11H13ClN2/c1-9(7-13)14(2)8-10-5-3-4-6-11(10)12/h3-6,9H,8H2,1-2H3. The average Bonchev–Trinajstić information content (AvgIpc) is 2.20. The number of nitrogens with zero attached hydrogens (tertiary/aromatic N) is 2. The second-order valence-corrected chi connectivity index (χ2v) is 3.72. The minimum absolute atomic E-state index is 0.0914. The molecule has 0 aliphatic rings. The van der Waals surface area contributed by atoms with E-state index in [-0.39, 0.29) is 6.04 Å². The molecule has 74 valence electrons. The Bertz CT molecular complexity index is 343. The van der Waals surface area contributed by atoms with E-state index in [0.717, 1.165) is 10.6 Å². The highest BCUT2D eigenvalue weighted by Gasteiger charge is 2.09. The Morgan fingerprint density at radius 3 is 2.71 bits per heavy atom. The third-order valence-electron chi connectivity index (χ3n) is 2.23. The van der Waals surface area contributed by atoms with E-state index < -0.39 is 0 Å². The van der Waals surface area contributed by atoms with Gasteiger partial charge in [0.1, 0.15) is 0 Å². The Hall–Kier alpha value is -1.04. The van der Waals surface area contributed by atoms with E-state index >= 15 is 0 Å². The molecule has 3 heteroatoms. The number of benzene rings is 1. The van der Waals surface area contributed by atoms with Gasteiger partial charge in [-0.25, -0.2) is 0 Å². The van der Waals surface area contributed by atoms with E-state index in [0.29, 0.717) is 6.54 Å². The Labute approximate surface area is 89.7 Å². The van der Waals surface area contributed by atoms with Gasteiger partial charge in [0.15, 0.2) is 0 Å². The first-order chi connectivity index (χ1) is 6.65. The van der Waals surface area contributed by atoms with Crippen LogP contribution in [0.3, 0.4) is 0 Å². The van der Waals surface area contributed by atoms with Crippen molar-refractivity contribution in [3.8, 4) is 6.07 Å². The van der Waals surface area contributed by atoms with E-state index in [9.17, 15) is 0 Å². The highest BCUT2D eigenvalue weighted by molar-refractivity contribution is 6.31. The third-order valence-corrected chi connectivity index (χ3v) is 2.59. The van der Waals surface area contributed by atoms with Gasteiger partial charge in [-0.3, -0.25) is 4.90 Å². The predicted molar refractivity (Wildman–Crippen MR) is 58.0 cm³/mol. The van der Waals surface area contributed by atoms with E-state index in [4.69, 9.17) is 16.9 Å². The lowest BCUT2D eigenvalue weighted by Crippen LogP contribution is -2.27. The fraction of sp³-hybridized carbons (Fsp3) is 0.364. The van der Waals surface area contributed by atoms with Crippen molar-refractivity contribution in [2.75, 3.05) is 7.05 Å². The summed E-state index contributed by atoms with van der Waals surface area (Å²) in [5.74, 6) is 0. The second kappa shape index (κ2) is 4.99. The number of rotatable bonds is 3. The summed E-state index contributed by atoms with van der Waals surface area (Å²) in [6.07, 6.45) is 0. The van der Waals surface area contributed by atoms with Gasteiger partial charge in [0.25, 0.3) is 0 Å². The summed E-state index contributed by atoms with van der Waals surface area (Å²) < 4.78 is 0. The zero-order valence-corrected chi connectivity index (χ0v) is 9.12. The first-order valence-electron chi connectivity index (χ1n) is 4.48. The van der Waals surface area contributed by atoms with Crippen molar-refractivity contribution in [1.82, 2.24) is 4.90 Å². The van der Waals surface area contributed by atoms with Crippen molar-refractivity contribution in [2.45, 2.75) is 19.5 Å². The van der Waals surface area contributed by atoms with Crippen LogP contribution in [-0.2, 0) is 6.54 Å². The normalized spacial score (nSPS) is 12.5. The van der Waals surface area contributed by atoms with Crippen molar-refractivity contribution in [3.63, 3.8) is 0 Å². The zero-order valence-electron chi connectivity index (χ0n) is 8.37. The lowest BCUT2D eigenvalue weighted by Gasteiger charge is -2.19. The Morgan fingerprint density at radius 2 is 2.14 bits per heavy atom. The smallest absolute Gasteiger partial charge is 0.0949 e. The molecule has 0 amide bonds. The molecule has 0 saturated carbocycles. The van der Waals surface area contributed by atoms with Crippen LogP contribution < -0.4 is 0 Å². The van der Waals surface area contributed by atoms with Crippen LogP contribution in [0.1, 0.15) is 12.5 Å². The molecule has 1 atom stereocenters. The number of nitriles is 1. The fourth-order valence-corrected chi connectivity index (χ4v) is 1.33. The molecule has 1 unspecified atom stereocenters. The van der Waals surface area contributed by atoms with Gasteiger partial charge in [0, 0.05) is 11.6 Å². The maximum Gasteiger partial charge on any atom is 0.0949 e. The number of hydrogen-bond acceptors (Lipinski definition) is 2. The average molecular weight is 209 g/mol. The van der Waals surface area contributed by atoms with Crippen LogP contribution in [0.4, 0.5) is 0 Å². The van der Waals surface area contributed by atoms with Gasteiger partial charge in [-0.15, -0.1) is 0 Å². The third kappa shape index (κ3) is 2.73. The van der Waals surface area contributed by atoms with Crippen molar-refractivity contribution < 1.29 is 0 Å². The molecule has 0 radical (unpaired) electrons. The first kappa shape index (κ1) is 11.0. The maximum atomic E-state index is 8.73. The molecule has 0 aromatic heterocycles. The number of hydrogen-bond donors (Lipinski definition) is 0. The second-order valence-electron chi connectivity index (χ2n) is 3.31. The van der Waals surface area contributed by atoms with Crippen molar-refractivity contribution in [2.24, 2.45) is 0 Å². The first-order valence-corrected chi connectivity index (χ1v) is 4.86. The maximum absolute atomic E-state index is 8.73. The van der Waals surface area contributed by atoms with Gasteiger partial charge in [0.05, 0.1) is 12.1 Å². The van der Waals surface area contributed by atoms with Crippen LogP contribution >= 0.6 is 11.6 Å². The lowest BCUT2D eigenvalue weighted by atomic mass is 10.2. The molecule has 0 bridgehead atoms. The molecular formula is C11H13ClN2. The van der Waals surface area contributed by atoms with Gasteiger partial charge in [0.2, 0.25) is 0 Å². The summed E-state index contributed by atoms with van der Waals surface area (Å²) in [6, 6.07) is 9.79. The summed E-state index contributed by atoms with van der Waals surface area (Å²) in [5.41, 5.74) is 1.05. The Kier molecular flexibility index (Phi) is 3.94. The van der Waals surface area contributed by atoms with Crippen LogP contribution in [0.25, 0.3) is 0 Å². The van der Waals surface area contributed by atoms with E-state index in [2.05, 4.69) is 6.07 Å². The van der Waals surface area contributed by atoms with Crippen LogP contribution in [0.15, 0.2) is 24.3 Å². The molecule has 14 heavy (non-hydrogen) atoms. The van der Waals surface area contributed by atoms with E-state index in [1.807, 2.05) is 43.1 Å². The largest absolute Gasteiger partial charge is 0.287 e. The van der Waals surface area contributed by atoms with Gasteiger partial charge >= 0.3 is 0 Å². The molecule has 0 spiro atoms. The molecule has 0 saturated heterocycles. The topological polar surface area (TPSA) is 27.0 Å². The van der Waals surface area contributed by atoms with Crippen LogP contribution in [0.5, 0.6) is 0 Å². The van der Waals surface area contributed by atoms with E-state index in [1.165, 1.54) is 0 Å². The molecule has 0 N–H and O–H groups in total. The molecule has 1 aromatic rings. The van der Waals surface area contributed by atoms with Crippen LogP contribution in [0, 0.1) is 11.3 Å². The Balaban J connectivity index is 2.70. The van der Waals surface area contributed by atoms with Crippen molar-refractivity contribution in [3.05, 3.63) is 34.9 Å².